The van der Waals surface area contributed by atoms with Crippen molar-refractivity contribution in [3.63, 3.8) is 0 Å². The average Bonchev–Trinajstić information content (AvgIpc) is 2.61. The van der Waals surface area contributed by atoms with Gasteiger partial charge in [-0.1, -0.05) is 12.1 Å². The van der Waals surface area contributed by atoms with E-state index in [2.05, 4.69) is 6.07 Å². The van der Waals surface area contributed by atoms with E-state index in [1.54, 1.807) is 12.1 Å². The van der Waals surface area contributed by atoms with Crippen molar-refractivity contribution >= 4 is 15.9 Å². The third kappa shape index (κ3) is 4.59. The van der Waals surface area contributed by atoms with Crippen molar-refractivity contribution in [3.8, 4) is 6.07 Å². The molecule has 1 aliphatic rings. The molecule has 0 saturated carbocycles. The van der Waals surface area contributed by atoms with Crippen molar-refractivity contribution in [2.24, 2.45) is 5.92 Å². The number of piperidine rings is 1. The Morgan fingerprint density at radius 3 is 2.32 bits per heavy atom. The second-order valence-corrected chi connectivity index (χ2v) is 8.45. The highest BCUT2D eigenvalue weighted by Gasteiger charge is 2.32. The van der Waals surface area contributed by atoms with E-state index in [-0.39, 0.29) is 17.9 Å². The van der Waals surface area contributed by atoms with Gasteiger partial charge in [0.2, 0.25) is 15.9 Å². The molecule has 0 aliphatic carbocycles. The first kappa shape index (κ1) is 19.4. The van der Waals surface area contributed by atoms with Gasteiger partial charge < -0.3 is 4.90 Å². The van der Waals surface area contributed by atoms with Crippen LogP contribution in [0.4, 0.5) is 0 Å². The number of amides is 1. The van der Waals surface area contributed by atoms with E-state index in [9.17, 15) is 13.2 Å². The van der Waals surface area contributed by atoms with Gasteiger partial charge in [0.15, 0.2) is 0 Å². The summed E-state index contributed by atoms with van der Waals surface area (Å²) >= 11 is 0. The summed E-state index contributed by atoms with van der Waals surface area (Å²) in [5.74, 6) is -0.0636. The van der Waals surface area contributed by atoms with Crippen LogP contribution in [0.3, 0.4) is 0 Å². The molecule has 1 aromatic rings. The number of hydrogen-bond donors (Lipinski definition) is 0. The molecule has 1 heterocycles. The maximum absolute atomic E-state index is 12.9. The zero-order valence-corrected chi connectivity index (χ0v) is 15.8. The summed E-state index contributed by atoms with van der Waals surface area (Å²) in [6.07, 6.45) is 2.32. The molecule has 1 aliphatic heterocycles. The van der Waals surface area contributed by atoms with Crippen LogP contribution in [0.5, 0.6) is 0 Å². The van der Waals surface area contributed by atoms with Crippen LogP contribution in [-0.2, 0) is 14.8 Å². The van der Waals surface area contributed by atoms with Crippen LogP contribution in [0.2, 0.25) is 0 Å². The van der Waals surface area contributed by atoms with Gasteiger partial charge in [0.25, 0.3) is 0 Å². The number of benzene rings is 1. The highest BCUT2D eigenvalue weighted by molar-refractivity contribution is 7.88. The van der Waals surface area contributed by atoms with E-state index in [1.165, 1.54) is 10.6 Å². The Labute approximate surface area is 150 Å². The second-order valence-electron chi connectivity index (χ2n) is 6.47. The molecule has 0 bridgehead atoms. The molecule has 0 radical (unpaired) electrons. The van der Waals surface area contributed by atoms with Gasteiger partial charge in [0.05, 0.1) is 23.9 Å². The first-order valence-electron chi connectivity index (χ1n) is 8.53. The lowest BCUT2D eigenvalue weighted by Gasteiger charge is -2.35. The standard InChI is InChI=1S/C18H25N3O3S/c1-4-21(14(2)16-7-5-15(13-19)6-8-16)18(22)17-9-11-20(12-10-17)25(3,23)24/h5-8,14,17H,4,9-12H2,1-3H3. The number of hydrogen-bond acceptors (Lipinski definition) is 4. The van der Waals surface area contributed by atoms with Crippen molar-refractivity contribution < 1.29 is 13.2 Å². The minimum absolute atomic E-state index is 0.0764. The second kappa shape index (κ2) is 7.98. The number of rotatable bonds is 5. The molecule has 7 heteroatoms. The summed E-state index contributed by atoms with van der Waals surface area (Å²) in [5, 5.41) is 8.90. The van der Waals surface area contributed by atoms with Crippen molar-refractivity contribution in [1.82, 2.24) is 9.21 Å². The Hall–Kier alpha value is -1.91. The Balaban J connectivity index is 2.06. The van der Waals surface area contributed by atoms with Gasteiger partial charge in [-0.15, -0.1) is 0 Å². The molecular weight excluding hydrogens is 338 g/mol. The normalized spacial score (nSPS) is 17.7. The fraction of sp³-hybridized carbons (Fsp3) is 0.556. The minimum atomic E-state index is -3.18. The lowest BCUT2D eigenvalue weighted by Crippen LogP contribution is -2.44. The molecule has 6 nitrogen and oxygen atoms in total. The number of carbonyl (C=O) groups is 1. The summed E-state index contributed by atoms with van der Waals surface area (Å²) in [6, 6.07) is 9.29. The van der Waals surface area contributed by atoms with Gasteiger partial charge in [-0.05, 0) is 44.4 Å². The number of carbonyl (C=O) groups excluding carboxylic acids is 1. The molecule has 0 aromatic heterocycles. The Bertz CT molecular complexity index is 745. The maximum atomic E-state index is 12.9. The monoisotopic (exact) mass is 363 g/mol. The van der Waals surface area contributed by atoms with Crippen LogP contribution in [0.1, 0.15) is 43.9 Å². The molecule has 1 unspecified atom stereocenters. The molecule has 1 aromatic carbocycles. The number of nitrogens with zero attached hydrogens (tertiary/aromatic N) is 3. The lowest BCUT2D eigenvalue weighted by atomic mass is 9.95. The van der Waals surface area contributed by atoms with E-state index < -0.39 is 10.0 Å². The van der Waals surface area contributed by atoms with E-state index in [0.29, 0.717) is 38.0 Å². The first-order chi connectivity index (χ1) is 11.8. The molecule has 2 rings (SSSR count). The highest BCUT2D eigenvalue weighted by atomic mass is 32.2. The first-order valence-corrected chi connectivity index (χ1v) is 10.4. The minimum Gasteiger partial charge on any atom is -0.336 e. The fourth-order valence-electron chi connectivity index (χ4n) is 3.31. The summed E-state index contributed by atoms with van der Waals surface area (Å²) in [4.78, 5) is 14.8. The Morgan fingerprint density at radius 1 is 1.32 bits per heavy atom. The topological polar surface area (TPSA) is 81.5 Å². The molecule has 1 atom stereocenters. The van der Waals surface area contributed by atoms with Gasteiger partial charge in [-0.3, -0.25) is 4.79 Å². The van der Waals surface area contributed by atoms with E-state index >= 15 is 0 Å². The third-order valence-electron chi connectivity index (χ3n) is 4.89. The van der Waals surface area contributed by atoms with Crippen molar-refractivity contribution in [2.75, 3.05) is 25.9 Å². The quantitative estimate of drug-likeness (QED) is 0.802. The van der Waals surface area contributed by atoms with Crippen LogP contribution in [-0.4, -0.2) is 49.4 Å². The summed E-state index contributed by atoms with van der Waals surface area (Å²) in [7, 11) is -3.18. The summed E-state index contributed by atoms with van der Waals surface area (Å²) in [5.41, 5.74) is 1.58. The predicted octanol–water partition coefficient (Wildman–Crippen LogP) is 2.14. The largest absolute Gasteiger partial charge is 0.336 e. The van der Waals surface area contributed by atoms with Crippen molar-refractivity contribution in [2.45, 2.75) is 32.7 Å². The molecule has 25 heavy (non-hydrogen) atoms. The van der Waals surface area contributed by atoms with Crippen LogP contribution in [0.25, 0.3) is 0 Å². The number of sulfonamides is 1. The SMILES string of the molecule is CCN(C(=O)C1CCN(S(C)(=O)=O)CC1)C(C)c1ccc(C#N)cc1. The van der Waals surface area contributed by atoms with Gasteiger partial charge in [-0.2, -0.15) is 5.26 Å². The molecule has 1 amide bonds. The van der Waals surface area contributed by atoms with Crippen LogP contribution < -0.4 is 0 Å². The Morgan fingerprint density at radius 2 is 1.88 bits per heavy atom. The summed E-state index contributed by atoms with van der Waals surface area (Å²) < 4.78 is 24.7. The molecule has 1 saturated heterocycles. The zero-order valence-electron chi connectivity index (χ0n) is 15.0. The molecule has 0 spiro atoms. The van der Waals surface area contributed by atoms with Crippen LogP contribution in [0.15, 0.2) is 24.3 Å². The molecular formula is C18H25N3O3S. The average molecular weight is 363 g/mol. The van der Waals surface area contributed by atoms with Gasteiger partial charge in [-0.25, -0.2) is 12.7 Å². The van der Waals surface area contributed by atoms with Crippen molar-refractivity contribution in [3.05, 3.63) is 35.4 Å². The number of nitriles is 1. The van der Waals surface area contributed by atoms with Gasteiger partial charge in [0.1, 0.15) is 0 Å². The third-order valence-corrected chi connectivity index (χ3v) is 6.19. The van der Waals surface area contributed by atoms with Gasteiger partial charge in [0, 0.05) is 25.6 Å². The highest BCUT2D eigenvalue weighted by Crippen LogP contribution is 2.27. The molecule has 136 valence electrons. The molecule has 1 fully saturated rings. The Kier molecular flexibility index (Phi) is 6.20. The smallest absolute Gasteiger partial charge is 0.226 e. The van der Waals surface area contributed by atoms with Gasteiger partial charge >= 0.3 is 0 Å². The van der Waals surface area contributed by atoms with Crippen LogP contribution >= 0.6 is 0 Å². The summed E-state index contributed by atoms with van der Waals surface area (Å²) in [6.45, 7) is 5.32. The lowest BCUT2D eigenvalue weighted by molar-refractivity contribution is -0.138. The van der Waals surface area contributed by atoms with Crippen molar-refractivity contribution in [1.29, 1.82) is 5.26 Å². The van der Waals surface area contributed by atoms with E-state index in [1.807, 2.05) is 30.9 Å². The van der Waals surface area contributed by atoms with E-state index in [0.717, 1.165) is 5.56 Å². The molecule has 0 N–H and O–H groups in total. The fourth-order valence-corrected chi connectivity index (χ4v) is 4.18. The van der Waals surface area contributed by atoms with E-state index in [4.69, 9.17) is 5.26 Å². The van der Waals surface area contributed by atoms with Crippen LogP contribution in [0, 0.1) is 17.2 Å². The zero-order chi connectivity index (χ0) is 18.6. The maximum Gasteiger partial charge on any atom is 0.226 e. The predicted molar refractivity (Wildman–Crippen MR) is 96.1 cm³/mol.